The van der Waals surface area contributed by atoms with Gasteiger partial charge in [-0.15, -0.1) is 0 Å². The van der Waals surface area contributed by atoms with E-state index in [1.807, 2.05) is 12.2 Å². The van der Waals surface area contributed by atoms with Gasteiger partial charge in [-0.25, -0.2) is 4.79 Å². The zero-order valence-corrected chi connectivity index (χ0v) is 18.8. The quantitative estimate of drug-likeness (QED) is 0.381. The summed E-state index contributed by atoms with van der Waals surface area (Å²) in [7, 11) is 1.45. The number of hydrogen-bond acceptors (Lipinski definition) is 6. The molecule has 3 aliphatic rings. The first-order valence-corrected chi connectivity index (χ1v) is 11.0. The standard InChI is InChI=1S/C23H25ClN2O6/c1-11(2)20(26-21(28)18-12-4-5-13(8-12)19(18)22(26)29)23(30)32-10-17(27)25-15-9-14(24)6-7-16(15)31-3/h4-7,9,11-13,18-20H,8,10H2,1-3H3,(H,25,27)/t12-,13-,18-,19+,20+/m0/s1. The van der Waals surface area contributed by atoms with Crippen LogP contribution in [0.4, 0.5) is 5.69 Å². The lowest BCUT2D eigenvalue weighted by molar-refractivity contribution is -0.162. The van der Waals surface area contributed by atoms with E-state index in [1.165, 1.54) is 13.2 Å². The number of carbonyl (C=O) groups is 4. The number of carbonyl (C=O) groups excluding carboxylic acids is 4. The van der Waals surface area contributed by atoms with Crippen LogP contribution in [0.1, 0.15) is 20.3 Å². The Labute approximate surface area is 190 Å². The predicted octanol–water partition coefficient (Wildman–Crippen LogP) is 2.66. The van der Waals surface area contributed by atoms with Crippen molar-refractivity contribution in [1.29, 1.82) is 0 Å². The Bertz CT molecular complexity index is 976. The Hall–Kier alpha value is -2.87. The molecule has 2 fully saturated rings. The molecule has 2 aliphatic carbocycles. The van der Waals surface area contributed by atoms with Gasteiger partial charge in [-0.1, -0.05) is 37.6 Å². The molecule has 1 saturated heterocycles. The van der Waals surface area contributed by atoms with E-state index >= 15 is 0 Å². The van der Waals surface area contributed by atoms with Crippen LogP contribution in [-0.2, 0) is 23.9 Å². The number of hydrogen-bond donors (Lipinski definition) is 1. The SMILES string of the molecule is COc1ccc(Cl)cc1NC(=O)COC(=O)[C@@H](C(C)C)N1C(=O)[C@@H]2[C@H](C1=O)[C@H]1C=C[C@H]2C1. The van der Waals surface area contributed by atoms with Crippen LogP contribution >= 0.6 is 11.6 Å². The molecule has 3 amide bonds. The van der Waals surface area contributed by atoms with Crippen LogP contribution in [-0.4, -0.2) is 48.3 Å². The highest BCUT2D eigenvalue weighted by molar-refractivity contribution is 6.31. The molecule has 4 rings (SSSR count). The summed E-state index contributed by atoms with van der Waals surface area (Å²) in [5, 5.41) is 2.98. The summed E-state index contributed by atoms with van der Waals surface area (Å²) in [6.07, 6.45) is 4.81. The van der Waals surface area contributed by atoms with Gasteiger partial charge in [-0.05, 0) is 42.4 Å². The molecule has 2 bridgehead atoms. The van der Waals surface area contributed by atoms with Crippen LogP contribution in [0.25, 0.3) is 0 Å². The molecule has 8 nitrogen and oxygen atoms in total. The van der Waals surface area contributed by atoms with Crippen molar-refractivity contribution >= 4 is 41.0 Å². The first-order chi connectivity index (χ1) is 15.2. The Morgan fingerprint density at radius 3 is 2.34 bits per heavy atom. The van der Waals surface area contributed by atoms with Crippen molar-refractivity contribution in [2.24, 2.45) is 29.6 Å². The topological polar surface area (TPSA) is 102 Å². The summed E-state index contributed by atoms with van der Waals surface area (Å²) in [6, 6.07) is 3.65. The number of methoxy groups -OCH3 is 1. The molecule has 0 unspecified atom stereocenters. The Morgan fingerprint density at radius 1 is 1.16 bits per heavy atom. The lowest BCUT2D eigenvalue weighted by Crippen LogP contribution is -2.50. The zero-order chi connectivity index (χ0) is 23.2. The zero-order valence-electron chi connectivity index (χ0n) is 18.0. The minimum absolute atomic E-state index is 0.0498. The van der Waals surface area contributed by atoms with E-state index < -0.39 is 36.4 Å². The minimum atomic E-state index is -1.08. The summed E-state index contributed by atoms with van der Waals surface area (Å²) in [5.74, 6) is -2.68. The Balaban J connectivity index is 1.42. The summed E-state index contributed by atoms with van der Waals surface area (Å²) in [4.78, 5) is 52.5. The number of anilines is 1. The molecule has 1 aromatic carbocycles. The highest BCUT2D eigenvalue weighted by atomic mass is 35.5. The van der Waals surface area contributed by atoms with Crippen molar-refractivity contribution in [3.05, 3.63) is 35.4 Å². The number of fused-ring (bicyclic) bond motifs is 5. The van der Waals surface area contributed by atoms with Crippen LogP contribution in [0, 0.1) is 29.6 Å². The van der Waals surface area contributed by atoms with E-state index in [2.05, 4.69) is 5.32 Å². The molecule has 1 heterocycles. The maximum atomic E-state index is 13.1. The number of nitrogens with zero attached hydrogens (tertiary/aromatic N) is 1. The van der Waals surface area contributed by atoms with E-state index in [0.29, 0.717) is 16.5 Å². The molecule has 170 valence electrons. The van der Waals surface area contributed by atoms with Crippen LogP contribution in [0.3, 0.4) is 0 Å². The van der Waals surface area contributed by atoms with Crippen molar-refractivity contribution in [2.45, 2.75) is 26.3 Å². The first-order valence-electron chi connectivity index (χ1n) is 10.6. The van der Waals surface area contributed by atoms with Gasteiger partial charge in [-0.2, -0.15) is 0 Å². The predicted molar refractivity (Wildman–Crippen MR) is 116 cm³/mol. The molecular weight excluding hydrogens is 436 g/mol. The maximum absolute atomic E-state index is 13.1. The van der Waals surface area contributed by atoms with Gasteiger partial charge in [0, 0.05) is 5.02 Å². The third-order valence-corrected chi connectivity index (χ3v) is 6.67. The lowest BCUT2D eigenvalue weighted by atomic mass is 9.85. The van der Waals surface area contributed by atoms with E-state index in [0.717, 1.165) is 11.3 Å². The van der Waals surface area contributed by atoms with Gasteiger partial charge in [-0.3, -0.25) is 19.3 Å². The second-order valence-corrected chi connectivity index (χ2v) is 9.17. The van der Waals surface area contributed by atoms with Crippen molar-refractivity contribution in [1.82, 2.24) is 4.90 Å². The normalized spacial score (nSPS) is 26.5. The molecule has 1 aromatic rings. The number of likely N-dealkylation sites (tertiary alicyclic amines) is 1. The van der Waals surface area contributed by atoms with Crippen molar-refractivity contribution in [2.75, 3.05) is 19.0 Å². The molecule has 5 atom stereocenters. The summed E-state index contributed by atoms with van der Waals surface area (Å²) >= 11 is 5.96. The summed E-state index contributed by atoms with van der Waals surface area (Å²) in [5.41, 5.74) is 0.335. The first kappa shape index (κ1) is 22.3. The van der Waals surface area contributed by atoms with Crippen molar-refractivity contribution in [3.63, 3.8) is 0 Å². The number of nitrogens with one attached hydrogen (secondary N) is 1. The molecule has 0 aromatic heterocycles. The van der Waals surface area contributed by atoms with Gasteiger partial charge >= 0.3 is 5.97 Å². The third kappa shape index (κ3) is 3.77. The van der Waals surface area contributed by atoms with Crippen LogP contribution < -0.4 is 10.1 Å². The molecule has 0 radical (unpaired) electrons. The smallest absolute Gasteiger partial charge is 0.330 e. The average molecular weight is 461 g/mol. The third-order valence-electron chi connectivity index (χ3n) is 6.44. The number of amides is 3. The summed E-state index contributed by atoms with van der Waals surface area (Å²) < 4.78 is 10.4. The number of halogens is 1. The van der Waals surface area contributed by atoms with Crippen LogP contribution in [0.2, 0.25) is 5.02 Å². The number of esters is 1. The molecule has 0 spiro atoms. The van der Waals surface area contributed by atoms with E-state index in [1.54, 1.807) is 26.0 Å². The number of benzene rings is 1. The molecule has 1 N–H and O–H groups in total. The lowest BCUT2D eigenvalue weighted by Gasteiger charge is -2.28. The highest BCUT2D eigenvalue weighted by Gasteiger charge is 2.61. The highest BCUT2D eigenvalue weighted by Crippen LogP contribution is 2.53. The second-order valence-electron chi connectivity index (χ2n) is 8.74. The van der Waals surface area contributed by atoms with Gasteiger partial charge < -0.3 is 14.8 Å². The number of imide groups is 1. The van der Waals surface area contributed by atoms with Crippen molar-refractivity contribution < 1.29 is 28.7 Å². The van der Waals surface area contributed by atoms with Crippen LogP contribution in [0.15, 0.2) is 30.4 Å². The monoisotopic (exact) mass is 460 g/mol. The molecule has 1 aliphatic heterocycles. The average Bonchev–Trinajstić information content (AvgIpc) is 3.42. The number of ether oxygens (including phenoxy) is 2. The van der Waals surface area contributed by atoms with E-state index in [-0.39, 0.29) is 29.6 Å². The molecule has 32 heavy (non-hydrogen) atoms. The fraction of sp³-hybridized carbons (Fsp3) is 0.478. The Kier molecular flexibility index (Phi) is 5.99. The fourth-order valence-electron chi connectivity index (χ4n) is 5.06. The maximum Gasteiger partial charge on any atom is 0.330 e. The summed E-state index contributed by atoms with van der Waals surface area (Å²) in [6.45, 7) is 2.91. The molecule has 1 saturated carbocycles. The van der Waals surface area contributed by atoms with E-state index in [4.69, 9.17) is 21.1 Å². The van der Waals surface area contributed by atoms with E-state index in [9.17, 15) is 19.2 Å². The van der Waals surface area contributed by atoms with Gasteiger partial charge in [0.1, 0.15) is 11.8 Å². The largest absolute Gasteiger partial charge is 0.495 e. The number of allylic oxidation sites excluding steroid dienone is 2. The number of rotatable bonds is 7. The van der Waals surface area contributed by atoms with Gasteiger partial charge in [0.05, 0.1) is 24.6 Å². The van der Waals surface area contributed by atoms with Gasteiger partial charge in [0.2, 0.25) is 11.8 Å². The van der Waals surface area contributed by atoms with Gasteiger partial charge in [0.15, 0.2) is 6.61 Å². The second kappa shape index (κ2) is 8.58. The fourth-order valence-corrected chi connectivity index (χ4v) is 5.23. The Morgan fingerprint density at radius 2 is 1.78 bits per heavy atom. The van der Waals surface area contributed by atoms with Gasteiger partial charge in [0.25, 0.3) is 5.91 Å². The van der Waals surface area contributed by atoms with Crippen molar-refractivity contribution in [3.8, 4) is 5.75 Å². The van der Waals surface area contributed by atoms with Crippen LogP contribution in [0.5, 0.6) is 5.75 Å². The molecular formula is C23H25ClN2O6. The minimum Gasteiger partial charge on any atom is -0.495 e. The molecule has 9 heteroatoms.